The van der Waals surface area contributed by atoms with Crippen LogP contribution in [0, 0.1) is 5.92 Å². The van der Waals surface area contributed by atoms with Gasteiger partial charge in [0.25, 0.3) is 21.8 Å². The lowest BCUT2D eigenvalue weighted by Crippen LogP contribution is -2.40. The van der Waals surface area contributed by atoms with Crippen LogP contribution < -0.4 is 14.8 Å². The summed E-state index contributed by atoms with van der Waals surface area (Å²) in [6.07, 6.45) is 2.59. The average Bonchev–Trinajstić information content (AvgIpc) is 2.86. The molecular formula is C26H29N3O7S. The minimum Gasteiger partial charge on any atom is -0.492 e. The van der Waals surface area contributed by atoms with Gasteiger partial charge in [-0.25, -0.2) is 17.9 Å². The summed E-state index contributed by atoms with van der Waals surface area (Å²) in [5.41, 5.74) is 0.396. The van der Waals surface area contributed by atoms with Crippen molar-refractivity contribution >= 4 is 27.8 Å². The minimum atomic E-state index is -4.22. The number of sulfonamides is 1. The van der Waals surface area contributed by atoms with Gasteiger partial charge in [-0.05, 0) is 54.5 Å². The van der Waals surface area contributed by atoms with Gasteiger partial charge < -0.3 is 20.1 Å². The van der Waals surface area contributed by atoms with Gasteiger partial charge in [0, 0.05) is 24.2 Å². The molecule has 10 nitrogen and oxygen atoms in total. The van der Waals surface area contributed by atoms with Gasteiger partial charge in [0.1, 0.15) is 18.1 Å². The number of aliphatic carboxylic acids is 1. The topological polar surface area (TPSA) is 142 Å². The lowest BCUT2D eigenvalue weighted by molar-refractivity contribution is -0.134. The summed E-state index contributed by atoms with van der Waals surface area (Å²) in [6.45, 7) is 4.68. The zero-order chi connectivity index (χ0) is 27.0. The first kappa shape index (κ1) is 27.5. The van der Waals surface area contributed by atoms with Gasteiger partial charge in [0.2, 0.25) is 0 Å². The molecule has 0 aliphatic carbocycles. The number of nitrogens with one attached hydrogen (secondary N) is 2. The van der Waals surface area contributed by atoms with E-state index in [9.17, 15) is 27.9 Å². The third-order valence-electron chi connectivity index (χ3n) is 5.29. The molecule has 2 amide bonds. The minimum absolute atomic E-state index is 0.0357. The number of carboxylic acid groups (broad SMARTS) is 1. The number of carbonyl (C=O) groups is 3. The Balaban J connectivity index is 1.58. The van der Waals surface area contributed by atoms with Crippen molar-refractivity contribution in [1.82, 2.24) is 14.9 Å². The Hall–Kier alpha value is -4.12. The van der Waals surface area contributed by atoms with Crippen molar-refractivity contribution < 1.29 is 32.6 Å². The number of amides is 2. The fraction of sp³-hybridized carbons (Fsp3) is 0.269. The number of benzene rings is 2. The third-order valence-corrected chi connectivity index (χ3v) is 6.64. The fourth-order valence-electron chi connectivity index (χ4n) is 3.57. The van der Waals surface area contributed by atoms with Crippen molar-refractivity contribution in [3.8, 4) is 5.75 Å². The molecule has 0 unspecified atom stereocenters. The van der Waals surface area contributed by atoms with E-state index in [2.05, 4.69) is 5.32 Å². The van der Waals surface area contributed by atoms with Crippen LogP contribution in [-0.4, -0.2) is 62.4 Å². The number of nitrogens with zero attached hydrogens (tertiary/aromatic N) is 1. The Labute approximate surface area is 215 Å². The molecule has 0 bridgehead atoms. The highest BCUT2D eigenvalue weighted by Crippen LogP contribution is 2.18. The molecule has 2 aromatic carbocycles. The van der Waals surface area contributed by atoms with E-state index in [1.54, 1.807) is 12.1 Å². The molecule has 196 valence electrons. The maximum Gasteiger partial charge on any atom is 0.352 e. The number of carboxylic acids is 1. The smallest absolute Gasteiger partial charge is 0.352 e. The Bertz CT molecular complexity index is 1300. The lowest BCUT2D eigenvalue weighted by Gasteiger charge is -2.29. The first-order valence-electron chi connectivity index (χ1n) is 11.6. The quantitative estimate of drug-likeness (QED) is 0.378. The molecule has 1 aliphatic heterocycles. The Morgan fingerprint density at radius 2 is 1.68 bits per heavy atom. The Morgan fingerprint density at radius 1 is 1.00 bits per heavy atom. The summed E-state index contributed by atoms with van der Waals surface area (Å²) in [6, 6.07) is 14.3. The molecule has 11 heteroatoms. The van der Waals surface area contributed by atoms with E-state index < -0.39 is 27.8 Å². The van der Waals surface area contributed by atoms with Gasteiger partial charge >= 0.3 is 5.97 Å². The monoisotopic (exact) mass is 527 g/mol. The van der Waals surface area contributed by atoms with E-state index in [4.69, 9.17) is 4.74 Å². The van der Waals surface area contributed by atoms with Crippen LogP contribution in [0.1, 0.15) is 24.2 Å². The molecule has 0 saturated carbocycles. The van der Waals surface area contributed by atoms with Crippen LogP contribution in [0.4, 0.5) is 0 Å². The van der Waals surface area contributed by atoms with E-state index >= 15 is 0 Å². The van der Waals surface area contributed by atoms with Gasteiger partial charge in [-0.2, -0.15) is 0 Å². The van der Waals surface area contributed by atoms with Crippen LogP contribution in [0.25, 0.3) is 0 Å². The van der Waals surface area contributed by atoms with Crippen molar-refractivity contribution in [2.75, 3.05) is 26.2 Å². The Kier molecular flexibility index (Phi) is 9.07. The standard InChI is InChI=1S/C26H29N3O7S/c1-18(2)16-29-17-20(10-13-23(29)26(32)33)25(31)28-37(34,35)22-11-8-19(9-12-22)24(30)27-14-15-36-21-6-4-3-5-7-21/h3-13,18H,14-17H2,1-2H3,(H,27,30)(H,28,31)(H,32,33). The zero-order valence-electron chi connectivity index (χ0n) is 20.5. The van der Waals surface area contributed by atoms with Gasteiger partial charge in [-0.15, -0.1) is 0 Å². The molecule has 0 spiro atoms. The number of hydrogen-bond acceptors (Lipinski definition) is 7. The highest BCUT2D eigenvalue weighted by atomic mass is 32.2. The number of allylic oxidation sites excluding steroid dienone is 2. The largest absolute Gasteiger partial charge is 0.492 e. The highest BCUT2D eigenvalue weighted by molar-refractivity contribution is 7.90. The van der Waals surface area contributed by atoms with Gasteiger partial charge in [-0.1, -0.05) is 32.0 Å². The molecule has 0 atom stereocenters. The summed E-state index contributed by atoms with van der Waals surface area (Å²) >= 11 is 0. The molecule has 2 aromatic rings. The maximum atomic E-state index is 12.7. The number of ether oxygens (including phenoxy) is 1. The first-order valence-corrected chi connectivity index (χ1v) is 13.1. The maximum absolute atomic E-state index is 12.7. The van der Waals surface area contributed by atoms with E-state index in [1.807, 2.05) is 36.8 Å². The average molecular weight is 528 g/mol. The summed E-state index contributed by atoms with van der Waals surface area (Å²) in [7, 11) is -4.22. The Morgan fingerprint density at radius 3 is 2.30 bits per heavy atom. The van der Waals surface area contributed by atoms with Crippen LogP contribution in [0.15, 0.2) is 82.9 Å². The van der Waals surface area contributed by atoms with E-state index in [0.29, 0.717) is 12.3 Å². The van der Waals surface area contributed by atoms with E-state index in [0.717, 1.165) is 0 Å². The van der Waals surface area contributed by atoms with Crippen LogP contribution >= 0.6 is 0 Å². The van der Waals surface area contributed by atoms with Crippen molar-refractivity contribution in [3.05, 3.63) is 83.6 Å². The highest BCUT2D eigenvalue weighted by Gasteiger charge is 2.27. The molecule has 0 aromatic heterocycles. The van der Waals surface area contributed by atoms with Crippen molar-refractivity contribution in [2.24, 2.45) is 5.92 Å². The van der Waals surface area contributed by atoms with Crippen LogP contribution in [0.3, 0.4) is 0 Å². The van der Waals surface area contributed by atoms with Gasteiger partial charge in [-0.3, -0.25) is 9.59 Å². The van der Waals surface area contributed by atoms with Crippen molar-refractivity contribution in [3.63, 3.8) is 0 Å². The predicted molar refractivity (Wildman–Crippen MR) is 136 cm³/mol. The second kappa shape index (κ2) is 12.2. The van der Waals surface area contributed by atoms with Crippen LogP contribution in [-0.2, 0) is 19.6 Å². The summed E-state index contributed by atoms with van der Waals surface area (Å²) in [4.78, 5) is 37.8. The van der Waals surface area contributed by atoms with Crippen molar-refractivity contribution in [1.29, 1.82) is 0 Å². The third kappa shape index (κ3) is 7.68. The van der Waals surface area contributed by atoms with Gasteiger partial charge in [0.15, 0.2) is 0 Å². The zero-order valence-corrected chi connectivity index (χ0v) is 21.3. The number of carbonyl (C=O) groups excluding carboxylic acids is 2. The normalized spacial score (nSPS) is 13.4. The molecule has 37 heavy (non-hydrogen) atoms. The molecule has 0 radical (unpaired) electrons. The summed E-state index contributed by atoms with van der Waals surface area (Å²) < 4.78 is 33.0. The summed E-state index contributed by atoms with van der Waals surface area (Å²) in [5, 5.41) is 12.1. The molecule has 1 aliphatic rings. The molecule has 3 rings (SSSR count). The van der Waals surface area contributed by atoms with Crippen LogP contribution in [0.2, 0.25) is 0 Å². The molecular weight excluding hydrogens is 498 g/mol. The van der Waals surface area contributed by atoms with Crippen LogP contribution in [0.5, 0.6) is 5.75 Å². The number of rotatable bonds is 11. The second-order valence-corrected chi connectivity index (χ2v) is 10.4. The summed E-state index contributed by atoms with van der Waals surface area (Å²) in [5.74, 6) is -1.57. The molecule has 3 N–H and O–H groups in total. The first-order chi connectivity index (χ1) is 17.6. The van der Waals surface area contributed by atoms with Gasteiger partial charge in [0.05, 0.1) is 11.4 Å². The predicted octanol–water partition coefficient (Wildman–Crippen LogP) is 2.17. The molecule has 0 saturated heterocycles. The van der Waals surface area contributed by atoms with Crippen molar-refractivity contribution in [2.45, 2.75) is 18.7 Å². The van der Waals surface area contributed by atoms with E-state index in [1.165, 1.54) is 41.3 Å². The number of hydrogen-bond donors (Lipinski definition) is 3. The second-order valence-electron chi connectivity index (χ2n) is 8.70. The number of para-hydroxylation sites is 1. The lowest BCUT2D eigenvalue weighted by atomic mass is 10.1. The molecule has 0 fully saturated rings. The SMILES string of the molecule is CC(C)CN1CC(C(=O)NS(=O)(=O)c2ccc(C(=O)NCCOc3ccccc3)cc2)=CC=C1C(=O)O. The van der Waals surface area contributed by atoms with E-state index in [-0.39, 0.29) is 47.3 Å². The fourth-order valence-corrected chi connectivity index (χ4v) is 4.56. The molecule has 1 heterocycles.